The van der Waals surface area contributed by atoms with Crippen LogP contribution in [0, 0.1) is 17.2 Å². The van der Waals surface area contributed by atoms with Crippen LogP contribution in [0.4, 0.5) is 0 Å². The molecule has 0 saturated heterocycles. The average molecular weight is 300 g/mol. The molecular weight excluding hydrogens is 280 g/mol. The van der Waals surface area contributed by atoms with Crippen molar-refractivity contribution in [3.63, 3.8) is 0 Å². The van der Waals surface area contributed by atoms with Gasteiger partial charge in [0.05, 0.1) is 11.6 Å². The van der Waals surface area contributed by atoms with E-state index in [4.69, 9.17) is 9.47 Å². The SMILES string of the molecule is C[C@H]1CCC[C@](C#N)(NC(=O)c2cccc3c2OCCO3)C1. The molecule has 0 radical (unpaired) electrons. The summed E-state index contributed by atoms with van der Waals surface area (Å²) in [6, 6.07) is 7.59. The van der Waals surface area contributed by atoms with E-state index in [1.54, 1.807) is 18.2 Å². The van der Waals surface area contributed by atoms with Crippen molar-refractivity contribution in [3.05, 3.63) is 23.8 Å². The predicted octanol–water partition coefficient (Wildman–Crippen LogP) is 2.66. The van der Waals surface area contributed by atoms with Gasteiger partial charge in [0.2, 0.25) is 0 Å². The number of rotatable bonds is 2. The van der Waals surface area contributed by atoms with Crippen molar-refractivity contribution in [2.24, 2.45) is 5.92 Å². The van der Waals surface area contributed by atoms with Gasteiger partial charge >= 0.3 is 0 Å². The summed E-state index contributed by atoms with van der Waals surface area (Å²) in [5.74, 6) is 1.24. The van der Waals surface area contributed by atoms with E-state index in [1.807, 2.05) is 0 Å². The van der Waals surface area contributed by atoms with Crippen LogP contribution in [0.25, 0.3) is 0 Å². The monoisotopic (exact) mass is 300 g/mol. The topological polar surface area (TPSA) is 71.4 Å². The molecule has 1 fully saturated rings. The first-order chi connectivity index (χ1) is 10.6. The Kier molecular flexibility index (Phi) is 3.93. The highest BCUT2D eigenvalue weighted by atomic mass is 16.6. The van der Waals surface area contributed by atoms with Crippen LogP contribution >= 0.6 is 0 Å². The van der Waals surface area contributed by atoms with Crippen LogP contribution in [0.3, 0.4) is 0 Å². The van der Waals surface area contributed by atoms with Crippen molar-refractivity contribution in [2.45, 2.75) is 38.1 Å². The maximum atomic E-state index is 12.7. The number of fused-ring (bicyclic) bond motifs is 1. The molecule has 1 aliphatic carbocycles. The molecule has 1 N–H and O–H groups in total. The number of para-hydroxylation sites is 1. The minimum absolute atomic E-state index is 0.266. The Bertz CT molecular complexity index is 623. The molecule has 0 spiro atoms. The van der Waals surface area contributed by atoms with Crippen molar-refractivity contribution in [2.75, 3.05) is 13.2 Å². The Hall–Kier alpha value is -2.22. The van der Waals surface area contributed by atoms with Gasteiger partial charge in [-0.2, -0.15) is 5.26 Å². The van der Waals surface area contributed by atoms with Crippen molar-refractivity contribution in [1.29, 1.82) is 5.26 Å². The molecule has 2 atom stereocenters. The summed E-state index contributed by atoms with van der Waals surface area (Å²) in [4.78, 5) is 12.7. The number of ether oxygens (including phenoxy) is 2. The molecule has 22 heavy (non-hydrogen) atoms. The highest BCUT2D eigenvalue weighted by Crippen LogP contribution is 2.35. The van der Waals surface area contributed by atoms with Gasteiger partial charge in [-0.3, -0.25) is 4.79 Å². The Balaban J connectivity index is 1.84. The van der Waals surface area contributed by atoms with E-state index in [0.29, 0.717) is 49.0 Å². The fourth-order valence-corrected chi connectivity index (χ4v) is 3.33. The largest absolute Gasteiger partial charge is 0.486 e. The Morgan fingerprint density at radius 2 is 2.23 bits per heavy atom. The van der Waals surface area contributed by atoms with Crippen molar-refractivity contribution >= 4 is 5.91 Å². The Morgan fingerprint density at radius 3 is 3.00 bits per heavy atom. The molecule has 0 bridgehead atoms. The third-order valence-electron chi connectivity index (χ3n) is 4.38. The molecule has 1 aromatic carbocycles. The molecule has 0 unspecified atom stereocenters. The predicted molar refractivity (Wildman–Crippen MR) is 80.9 cm³/mol. The summed E-state index contributed by atoms with van der Waals surface area (Å²) < 4.78 is 11.1. The first kappa shape index (κ1) is 14.7. The number of nitrogens with one attached hydrogen (secondary N) is 1. The lowest BCUT2D eigenvalue weighted by Gasteiger charge is -2.35. The fourth-order valence-electron chi connectivity index (χ4n) is 3.33. The standard InChI is InChI=1S/C17H20N2O3/c1-12-4-3-7-17(10-12,11-18)19-16(20)13-5-2-6-14-15(13)22-9-8-21-14/h2,5-6,12H,3-4,7-10H2,1H3,(H,19,20)/t12-,17-/m0/s1. The zero-order valence-electron chi connectivity index (χ0n) is 12.7. The summed E-state index contributed by atoms with van der Waals surface area (Å²) in [6.45, 7) is 3.04. The highest BCUT2D eigenvalue weighted by molar-refractivity contribution is 5.98. The van der Waals surface area contributed by atoms with Gasteiger partial charge in [0.15, 0.2) is 11.5 Å². The van der Waals surface area contributed by atoms with E-state index in [0.717, 1.165) is 12.8 Å². The lowest BCUT2D eigenvalue weighted by Crippen LogP contribution is -2.50. The Labute approximate surface area is 130 Å². The number of amides is 1. The number of hydrogen-bond acceptors (Lipinski definition) is 4. The molecule has 0 aromatic heterocycles. The molecule has 5 heteroatoms. The average Bonchev–Trinajstić information content (AvgIpc) is 2.54. The molecular formula is C17H20N2O3. The lowest BCUT2D eigenvalue weighted by atomic mass is 9.77. The van der Waals surface area contributed by atoms with Crippen molar-refractivity contribution in [1.82, 2.24) is 5.32 Å². The maximum Gasteiger partial charge on any atom is 0.256 e. The summed E-state index contributed by atoms with van der Waals surface area (Å²) in [5.41, 5.74) is -0.336. The second-order valence-electron chi connectivity index (χ2n) is 6.18. The third-order valence-corrected chi connectivity index (χ3v) is 4.38. The number of carbonyl (C=O) groups excluding carboxylic acids is 1. The lowest BCUT2D eigenvalue weighted by molar-refractivity contribution is 0.0880. The van der Waals surface area contributed by atoms with Crippen LogP contribution in [-0.2, 0) is 0 Å². The summed E-state index contributed by atoms with van der Waals surface area (Å²) in [5, 5.41) is 12.5. The minimum atomic E-state index is -0.771. The third kappa shape index (κ3) is 2.74. The van der Waals surface area contributed by atoms with Gasteiger partial charge in [-0.25, -0.2) is 0 Å². The van der Waals surface area contributed by atoms with Gasteiger partial charge in [-0.15, -0.1) is 0 Å². The van der Waals surface area contributed by atoms with E-state index in [-0.39, 0.29) is 5.91 Å². The molecule has 3 rings (SSSR count). The van der Waals surface area contributed by atoms with E-state index in [1.165, 1.54) is 0 Å². The molecule has 1 aromatic rings. The first-order valence-electron chi connectivity index (χ1n) is 7.76. The van der Waals surface area contributed by atoms with Crippen LogP contribution in [-0.4, -0.2) is 24.7 Å². The molecule has 1 saturated carbocycles. The summed E-state index contributed by atoms with van der Waals surface area (Å²) in [6.07, 6.45) is 3.46. The number of benzene rings is 1. The quantitative estimate of drug-likeness (QED) is 0.911. The van der Waals surface area contributed by atoms with Gasteiger partial charge in [0, 0.05) is 0 Å². The van der Waals surface area contributed by atoms with E-state index < -0.39 is 5.54 Å². The normalized spacial score (nSPS) is 26.8. The van der Waals surface area contributed by atoms with Gasteiger partial charge in [0.25, 0.3) is 5.91 Å². The molecule has 1 aliphatic heterocycles. The second kappa shape index (κ2) is 5.88. The smallest absolute Gasteiger partial charge is 0.256 e. The van der Waals surface area contributed by atoms with Crippen LogP contribution in [0.5, 0.6) is 11.5 Å². The van der Waals surface area contributed by atoms with Gasteiger partial charge in [-0.05, 0) is 37.3 Å². The second-order valence-corrected chi connectivity index (χ2v) is 6.18. The first-order valence-corrected chi connectivity index (χ1v) is 7.76. The zero-order chi connectivity index (χ0) is 15.6. The Morgan fingerprint density at radius 1 is 1.41 bits per heavy atom. The van der Waals surface area contributed by atoms with Crippen LogP contribution in [0.2, 0.25) is 0 Å². The molecule has 116 valence electrons. The molecule has 2 aliphatic rings. The highest BCUT2D eigenvalue weighted by Gasteiger charge is 2.37. The zero-order valence-corrected chi connectivity index (χ0v) is 12.7. The number of nitrogens with zero attached hydrogens (tertiary/aromatic N) is 1. The summed E-state index contributed by atoms with van der Waals surface area (Å²) >= 11 is 0. The molecule has 1 amide bonds. The van der Waals surface area contributed by atoms with Crippen molar-refractivity contribution in [3.8, 4) is 17.6 Å². The fraction of sp³-hybridized carbons (Fsp3) is 0.529. The van der Waals surface area contributed by atoms with E-state index in [2.05, 4.69) is 18.3 Å². The molecule has 5 nitrogen and oxygen atoms in total. The summed E-state index contributed by atoms with van der Waals surface area (Å²) in [7, 11) is 0. The van der Waals surface area contributed by atoms with Crippen molar-refractivity contribution < 1.29 is 14.3 Å². The molecule has 1 heterocycles. The van der Waals surface area contributed by atoms with Crippen LogP contribution in [0.15, 0.2) is 18.2 Å². The number of nitriles is 1. The van der Waals surface area contributed by atoms with Gasteiger partial charge in [-0.1, -0.05) is 19.4 Å². The number of carbonyl (C=O) groups is 1. The van der Waals surface area contributed by atoms with Gasteiger partial charge in [0.1, 0.15) is 18.8 Å². The van der Waals surface area contributed by atoms with Crippen LogP contribution in [0.1, 0.15) is 43.0 Å². The number of hydrogen-bond donors (Lipinski definition) is 1. The van der Waals surface area contributed by atoms with Gasteiger partial charge < -0.3 is 14.8 Å². The maximum absolute atomic E-state index is 12.7. The van der Waals surface area contributed by atoms with E-state index in [9.17, 15) is 10.1 Å². The minimum Gasteiger partial charge on any atom is -0.486 e. The van der Waals surface area contributed by atoms with E-state index >= 15 is 0 Å². The van der Waals surface area contributed by atoms with Crippen LogP contribution < -0.4 is 14.8 Å².